The van der Waals surface area contributed by atoms with E-state index in [1.165, 1.54) is 6.07 Å². The van der Waals surface area contributed by atoms with E-state index in [9.17, 15) is 18.4 Å². The predicted octanol–water partition coefficient (Wildman–Crippen LogP) is 3.13. The Morgan fingerprint density at radius 2 is 1.87 bits per heavy atom. The molecule has 3 fully saturated rings. The van der Waals surface area contributed by atoms with Gasteiger partial charge in [-0.3, -0.25) is 14.9 Å². The van der Waals surface area contributed by atoms with E-state index in [0.717, 1.165) is 45.4 Å². The van der Waals surface area contributed by atoms with Crippen molar-refractivity contribution in [3.05, 3.63) is 24.0 Å². The Bertz CT molecular complexity index is 805. The molecule has 8 heteroatoms. The third-order valence-electron chi connectivity index (χ3n) is 6.98. The number of anilines is 2. The maximum absolute atomic E-state index is 14.8. The largest absolute Gasteiger partial charge is 0.374 e. The van der Waals surface area contributed by atoms with Gasteiger partial charge in [0.1, 0.15) is 17.5 Å². The number of carbonyl (C=O) groups excluding carboxylic acids is 2. The monoisotopic (exact) mass is 434 g/mol. The Hall–Kier alpha value is -2.22. The van der Waals surface area contributed by atoms with Gasteiger partial charge in [-0.25, -0.2) is 8.78 Å². The average molecular weight is 435 g/mol. The van der Waals surface area contributed by atoms with Crippen LogP contribution < -0.4 is 20.9 Å². The number of piperidine rings is 3. The average Bonchev–Trinajstić information content (AvgIpc) is 2.76. The van der Waals surface area contributed by atoms with Crippen LogP contribution in [-0.4, -0.2) is 49.7 Å². The van der Waals surface area contributed by atoms with Crippen molar-refractivity contribution >= 4 is 23.2 Å². The summed E-state index contributed by atoms with van der Waals surface area (Å²) in [4.78, 5) is 25.2. The first kappa shape index (κ1) is 22.0. The zero-order valence-corrected chi connectivity index (χ0v) is 17.9. The normalized spacial score (nSPS) is 24.7. The highest BCUT2D eigenvalue weighted by molar-refractivity contribution is 6.01. The van der Waals surface area contributed by atoms with Gasteiger partial charge < -0.3 is 15.5 Å². The highest BCUT2D eigenvalue weighted by Gasteiger charge is 2.33. The van der Waals surface area contributed by atoms with Crippen LogP contribution in [0.1, 0.15) is 51.4 Å². The van der Waals surface area contributed by atoms with Crippen LogP contribution in [-0.2, 0) is 9.59 Å². The van der Waals surface area contributed by atoms with E-state index in [0.29, 0.717) is 43.0 Å². The fourth-order valence-corrected chi connectivity index (χ4v) is 4.94. The number of hydrogen-bond donors (Lipinski definition) is 3. The molecule has 3 N–H and O–H groups in total. The van der Waals surface area contributed by atoms with Gasteiger partial charge in [0.2, 0.25) is 11.8 Å². The Balaban J connectivity index is 1.27. The molecule has 6 nitrogen and oxygen atoms in total. The van der Waals surface area contributed by atoms with Crippen LogP contribution >= 0.6 is 0 Å². The summed E-state index contributed by atoms with van der Waals surface area (Å²) < 4.78 is 29.6. The fourth-order valence-electron chi connectivity index (χ4n) is 4.94. The Labute approximate surface area is 182 Å². The smallest absolute Gasteiger partial charge is 0.249 e. The molecule has 3 saturated heterocycles. The highest BCUT2D eigenvalue weighted by Crippen LogP contribution is 2.34. The Morgan fingerprint density at radius 3 is 2.55 bits per heavy atom. The van der Waals surface area contributed by atoms with E-state index in [-0.39, 0.29) is 24.1 Å². The molecule has 4 rings (SSSR count). The summed E-state index contributed by atoms with van der Waals surface area (Å²) >= 11 is 0. The number of carbonyl (C=O) groups is 2. The number of alkyl halides is 1. The standard InChI is InChI=1S/C23H32F2N4O2/c24-18-15-17(27-19-2-4-21(30)28-22(19)31)1-3-20(18)29-13-6-16(7-14-29)5-8-23(25)9-11-26-12-10-23/h1,3,15-16,19,26-27H,2,4-14H2,(H,28,30,31). The van der Waals surface area contributed by atoms with Gasteiger partial charge in [0.25, 0.3) is 0 Å². The molecule has 0 spiro atoms. The molecule has 2 amide bonds. The minimum atomic E-state index is -1.01. The number of halogens is 2. The van der Waals surface area contributed by atoms with Crippen molar-refractivity contribution in [2.45, 2.75) is 63.1 Å². The molecule has 1 unspecified atom stereocenters. The molecule has 3 aliphatic rings. The van der Waals surface area contributed by atoms with Gasteiger partial charge in [-0.2, -0.15) is 0 Å². The van der Waals surface area contributed by atoms with E-state index in [1.54, 1.807) is 12.1 Å². The molecule has 1 aromatic carbocycles. The lowest BCUT2D eigenvalue weighted by Crippen LogP contribution is -2.47. The fraction of sp³-hybridized carbons (Fsp3) is 0.652. The second kappa shape index (κ2) is 9.51. The first-order valence-electron chi connectivity index (χ1n) is 11.5. The molecule has 3 heterocycles. The maximum atomic E-state index is 14.8. The Kier molecular flexibility index (Phi) is 6.74. The summed E-state index contributed by atoms with van der Waals surface area (Å²) in [7, 11) is 0. The molecular weight excluding hydrogens is 402 g/mol. The zero-order chi connectivity index (χ0) is 21.8. The summed E-state index contributed by atoms with van der Waals surface area (Å²) in [6, 6.07) is 4.40. The van der Waals surface area contributed by atoms with Crippen LogP contribution in [0.2, 0.25) is 0 Å². The third kappa shape index (κ3) is 5.53. The highest BCUT2D eigenvalue weighted by atomic mass is 19.1. The summed E-state index contributed by atoms with van der Waals surface area (Å²) in [5, 5.41) is 8.53. The van der Waals surface area contributed by atoms with E-state index in [1.807, 2.05) is 0 Å². The lowest BCUT2D eigenvalue weighted by atomic mass is 9.83. The van der Waals surface area contributed by atoms with Gasteiger partial charge in [0.15, 0.2) is 0 Å². The third-order valence-corrected chi connectivity index (χ3v) is 6.98. The molecular formula is C23H32F2N4O2. The molecule has 0 saturated carbocycles. The van der Waals surface area contributed by atoms with Crippen LogP contribution in [0.15, 0.2) is 18.2 Å². The van der Waals surface area contributed by atoms with Crippen molar-refractivity contribution in [2.24, 2.45) is 5.92 Å². The minimum absolute atomic E-state index is 0.273. The zero-order valence-electron chi connectivity index (χ0n) is 17.9. The van der Waals surface area contributed by atoms with Crippen molar-refractivity contribution in [1.29, 1.82) is 0 Å². The minimum Gasteiger partial charge on any atom is -0.374 e. The van der Waals surface area contributed by atoms with Crippen molar-refractivity contribution in [1.82, 2.24) is 10.6 Å². The first-order valence-corrected chi connectivity index (χ1v) is 11.5. The van der Waals surface area contributed by atoms with Gasteiger partial charge in [-0.05, 0) is 82.2 Å². The van der Waals surface area contributed by atoms with Crippen LogP contribution in [0.25, 0.3) is 0 Å². The van der Waals surface area contributed by atoms with E-state index >= 15 is 0 Å². The lowest BCUT2D eigenvalue weighted by molar-refractivity contribution is -0.133. The quantitative estimate of drug-likeness (QED) is 0.600. The van der Waals surface area contributed by atoms with Gasteiger partial charge in [-0.15, -0.1) is 0 Å². The van der Waals surface area contributed by atoms with Crippen molar-refractivity contribution < 1.29 is 18.4 Å². The van der Waals surface area contributed by atoms with Crippen LogP contribution in [0.5, 0.6) is 0 Å². The first-order chi connectivity index (χ1) is 14.9. The second-order valence-corrected chi connectivity index (χ2v) is 9.18. The van der Waals surface area contributed by atoms with Gasteiger partial charge in [0, 0.05) is 25.2 Å². The number of benzene rings is 1. The molecule has 0 aromatic heterocycles. The molecule has 0 aliphatic carbocycles. The van der Waals surface area contributed by atoms with E-state index in [4.69, 9.17) is 0 Å². The molecule has 1 atom stereocenters. The molecule has 0 radical (unpaired) electrons. The molecule has 31 heavy (non-hydrogen) atoms. The van der Waals surface area contributed by atoms with Crippen molar-refractivity contribution in [3.8, 4) is 0 Å². The van der Waals surface area contributed by atoms with E-state index < -0.39 is 11.7 Å². The van der Waals surface area contributed by atoms with Crippen LogP contribution in [0.3, 0.4) is 0 Å². The summed E-state index contributed by atoms with van der Waals surface area (Å²) in [6.45, 7) is 3.07. The topological polar surface area (TPSA) is 73.5 Å². The van der Waals surface area contributed by atoms with Crippen molar-refractivity contribution in [2.75, 3.05) is 36.4 Å². The van der Waals surface area contributed by atoms with E-state index in [2.05, 4.69) is 20.9 Å². The summed E-state index contributed by atoms with van der Waals surface area (Å²) in [6.07, 6.45) is 5.33. The maximum Gasteiger partial charge on any atom is 0.249 e. The second-order valence-electron chi connectivity index (χ2n) is 9.18. The van der Waals surface area contributed by atoms with Crippen LogP contribution in [0.4, 0.5) is 20.2 Å². The van der Waals surface area contributed by atoms with Gasteiger partial charge >= 0.3 is 0 Å². The van der Waals surface area contributed by atoms with Crippen LogP contribution in [0, 0.1) is 11.7 Å². The number of nitrogens with one attached hydrogen (secondary N) is 3. The van der Waals surface area contributed by atoms with Gasteiger partial charge in [0.05, 0.1) is 5.69 Å². The number of amides is 2. The number of nitrogens with zero attached hydrogens (tertiary/aromatic N) is 1. The number of rotatable bonds is 6. The molecule has 170 valence electrons. The molecule has 3 aliphatic heterocycles. The lowest BCUT2D eigenvalue weighted by Gasteiger charge is -2.36. The molecule has 1 aromatic rings. The Morgan fingerprint density at radius 1 is 1.13 bits per heavy atom. The summed E-state index contributed by atoms with van der Waals surface area (Å²) in [5.74, 6) is -0.476. The number of hydrogen-bond acceptors (Lipinski definition) is 5. The SMILES string of the molecule is O=C1CCC(Nc2ccc(N3CCC(CCC4(F)CCNCC4)CC3)c(F)c2)C(=O)N1. The summed E-state index contributed by atoms with van der Waals surface area (Å²) in [5.41, 5.74) is 0.0771. The predicted molar refractivity (Wildman–Crippen MR) is 116 cm³/mol. The van der Waals surface area contributed by atoms with Gasteiger partial charge in [-0.1, -0.05) is 0 Å². The number of imide groups is 1. The van der Waals surface area contributed by atoms with Crippen molar-refractivity contribution in [3.63, 3.8) is 0 Å². The molecule has 0 bridgehead atoms.